The molecule has 0 unspecified atom stereocenters. The molecule has 2 rings (SSSR count). The monoisotopic (exact) mass is 238 g/mol. The summed E-state index contributed by atoms with van der Waals surface area (Å²) in [6, 6.07) is 6.22. The zero-order chi connectivity index (χ0) is 11.5. The number of aryl methyl sites for hydroxylation is 1. The van der Waals surface area contributed by atoms with Gasteiger partial charge in [-0.3, -0.25) is 0 Å². The lowest BCUT2D eigenvalue weighted by Gasteiger charge is -2.35. The largest absolute Gasteiger partial charge is 0.368 e. The van der Waals surface area contributed by atoms with Crippen LogP contribution >= 0.6 is 11.6 Å². The molecular weight excluding hydrogens is 220 g/mol. The van der Waals surface area contributed by atoms with E-state index in [0.29, 0.717) is 0 Å². The van der Waals surface area contributed by atoms with Gasteiger partial charge in [0, 0.05) is 26.2 Å². The van der Waals surface area contributed by atoms with E-state index in [0.717, 1.165) is 37.6 Å². The molecule has 0 amide bonds. The molecular formula is C13H19ClN2. The van der Waals surface area contributed by atoms with Gasteiger partial charge in [-0.25, -0.2) is 0 Å². The predicted octanol–water partition coefficient (Wildman–Crippen LogP) is 2.65. The van der Waals surface area contributed by atoms with E-state index in [9.17, 15) is 0 Å². The first-order valence-corrected chi connectivity index (χ1v) is 6.31. The average Bonchev–Trinajstić information content (AvgIpc) is 2.30. The number of hydrogen-bond donors (Lipinski definition) is 0. The van der Waals surface area contributed by atoms with Crippen molar-refractivity contribution in [3.63, 3.8) is 0 Å². The van der Waals surface area contributed by atoms with Crippen molar-refractivity contribution in [1.82, 2.24) is 4.90 Å². The Morgan fingerprint density at radius 2 is 1.88 bits per heavy atom. The van der Waals surface area contributed by atoms with Crippen molar-refractivity contribution in [3.05, 3.63) is 28.8 Å². The second-order valence-electron chi connectivity index (χ2n) is 4.39. The van der Waals surface area contributed by atoms with E-state index < -0.39 is 0 Å². The second-order valence-corrected chi connectivity index (χ2v) is 4.80. The molecule has 1 heterocycles. The van der Waals surface area contributed by atoms with Gasteiger partial charge in [-0.1, -0.05) is 30.7 Å². The zero-order valence-corrected chi connectivity index (χ0v) is 10.8. The zero-order valence-electron chi connectivity index (χ0n) is 10.0. The van der Waals surface area contributed by atoms with Crippen molar-refractivity contribution in [2.75, 3.05) is 38.1 Å². The summed E-state index contributed by atoms with van der Waals surface area (Å²) < 4.78 is 0. The minimum Gasteiger partial charge on any atom is -0.368 e. The van der Waals surface area contributed by atoms with Crippen molar-refractivity contribution in [2.24, 2.45) is 0 Å². The number of anilines is 1. The first kappa shape index (κ1) is 11.7. The minimum absolute atomic E-state index is 0.893. The lowest BCUT2D eigenvalue weighted by atomic mass is 10.1. The fourth-order valence-corrected chi connectivity index (χ4v) is 2.54. The first-order chi connectivity index (χ1) is 7.72. The van der Waals surface area contributed by atoms with E-state index in [4.69, 9.17) is 11.6 Å². The van der Waals surface area contributed by atoms with Crippen LogP contribution in [-0.4, -0.2) is 38.1 Å². The van der Waals surface area contributed by atoms with Gasteiger partial charge in [-0.2, -0.15) is 0 Å². The maximum absolute atomic E-state index is 6.32. The van der Waals surface area contributed by atoms with Crippen molar-refractivity contribution in [1.29, 1.82) is 0 Å². The number of benzene rings is 1. The summed E-state index contributed by atoms with van der Waals surface area (Å²) in [5, 5.41) is 0.893. The average molecular weight is 239 g/mol. The van der Waals surface area contributed by atoms with Gasteiger partial charge in [0.1, 0.15) is 0 Å². The number of piperazine rings is 1. The summed E-state index contributed by atoms with van der Waals surface area (Å²) >= 11 is 6.32. The molecule has 0 bridgehead atoms. The second kappa shape index (κ2) is 5.07. The Labute approximate surface area is 103 Å². The van der Waals surface area contributed by atoms with Crippen LogP contribution in [0.1, 0.15) is 12.5 Å². The SMILES string of the molecule is CCc1cccc(Cl)c1N1CCN(C)CC1. The van der Waals surface area contributed by atoms with Crippen LogP contribution in [0, 0.1) is 0 Å². The van der Waals surface area contributed by atoms with Gasteiger partial charge in [0.2, 0.25) is 0 Å². The molecule has 3 heteroatoms. The van der Waals surface area contributed by atoms with Crippen LogP contribution < -0.4 is 4.90 Å². The van der Waals surface area contributed by atoms with Gasteiger partial charge in [0.05, 0.1) is 10.7 Å². The summed E-state index contributed by atoms with van der Waals surface area (Å²) in [4.78, 5) is 4.78. The maximum atomic E-state index is 6.32. The summed E-state index contributed by atoms with van der Waals surface area (Å²) in [5.74, 6) is 0. The molecule has 1 aromatic carbocycles. The molecule has 1 saturated heterocycles. The van der Waals surface area contributed by atoms with E-state index in [1.165, 1.54) is 11.3 Å². The Bertz CT molecular complexity index is 357. The molecule has 0 aliphatic carbocycles. The number of halogens is 1. The highest BCUT2D eigenvalue weighted by molar-refractivity contribution is 6.33. The fraction of sp³-hybridized carbons (Fsp3) is 0.538. The molecule has 0 saturated carbocycles. The Morgan fingerprint density at radius 3 is 2.50 bits per heavy atom. The Morgan fingerprint density at radius 1 is 1.19 bits per heavy atom. The Balaban J connectivity index is 2.25. The molecule has 0 atom stereocenters. The molecule has 88 valence electrons. The highest BCUT2D eigenvalue weighted by atomic mass is 35.5. The number of para-hydroxylation sites is 1. The van der Waals surface area contributed by atoms with E-state index >= 15 is 0 Å². The van der Waals surface area contributed by atoms with E-state index in [1.807, 2.05) is 12.1 Å². The third-order valence-corrected chi connectivity index (χ3v) is 3.58. The quantitative estimate of drug-likeness (QED) is 0.782. The molecule has 2 nitrogen and oxygen atoms in total. The van der Waals surface area contributed by atoms with Crippen LogP contribution in [0.2, 0.25) is 5.02 Å². The van der Waals surface area contributed by atoms with Crippen LogP contribution in [0.4, 0.5) is 5.69 Å². The molecule has 0 N–H and O–H groups in total. The highest BCUT2D eigenvalue weighted by Crippen LogP contribution is 2.30. The first-order valence-electron chi connectivity index (χ1n) is 5.93. The number of hydrogen-bond acceptors (Lipinski definition) is 2. The minimum atomic E-state index is 0.893. The predicted molar refractivity (Wildman–Crippen MR) is 70.5 cm³/mol. The fourth-order valence-electron chi connectivity index (χ4n) is 2.23. The molecule has 16 heavy (non-hydrogen) atoms. The van der Waals surface area contributed by atoms with Crippen LogP contribution in [-0.2, 0) is 6.42 Å². The lowest BCUT2D eigenvalue weighted by Crippen LogP contribution is -2.44. The smallest absolute Gasteiger partial charge is 0.0642 e. The van der Waals surface area contributed by atoms with Gasteiger partial charge in [-0.15, -0.1) is 0 Å². The summed E-state index contributed by atoms with van der Waals surface area (Å²) in [7, 11) is 2.17. The molecule has 0 spiro atoms. The van der Waals surface area contributed by atoms with E-state index in [-0.39, 0.29) is 0 Å². The third-order valence-electron chi connectivity index (χ3n) is 3.27. The van der Waals surface area contributed by atoms with E-state index in [2.05, 4.69) is 29.8 Å². The summed E-state index contributed by atoms with van der Waals surface area (Å²) in [5.41, 5.74) is 2.61. The van der Waals surface area contributed by atoms with E-state index in [1.54, 1.807) is 0 Å². The van der Waals surface area contributed by atoms with Crippen LogP contribution in [0.5, 0.6) is 0 Å². The van der Waals surface area contributed by atoms with Gasteiger partial charge in [-0.05, 0) is 25.1 Å². The number of likely N-dealkylation sites (N-methyl/N-ethyl adjacent to an activating group) is 1. The van der Waals surface area contributed by atoms with Crippen LogP contribution in [0.25, 0.3) is 0 Å². The van der Waals surface area contributed by atoms with Gasteiger partial charge in [0.15, 0.2) is 0 Å². The van der Waals surface area contributed by atoms with Gasteiger partial charge < -0.3 is 9.80 Å². The van der Waals surface area contributed by atoms with Crippen molar-refractivity contribution in [3.8, 4) is 0 Å². The molecule has 1 fully saturated rings. The van der Waals surface area contributed by atoms with Crippen molar-refractivity contribution in [2.45, 2.75) is 13.3 Å². The van der Waals surface area contributed by atoms with Gasteiger partial charge in [0.25, 0.3) is 0 Å². The van der Waals surface area contributed by atoms with Gasteiger partial charge >= 0.3 is 0 Å². The maximum Gasteiger partial charge on any atom is 0.0642 e. The topological polar surface area (TPSA) is 6.48 Å². The lowest BCUT2D eigenvalue weighted by molar-refractivity contribution is 0.312. The number of nitrogens with zero attached hydrogens (tertiary/aromatic N) is 2. The standard InChI is InChI=1S/C13H19ClN2/c1-3-11-5-4-6-12(14)13(11)16-9-7-15(2)8-10-16/h4-6H,3,7-10H2,1-2H3. The number of rotatable bonds is 2. The van der Waals surface area contributed by atoms with Crippen molar-refractivity contribution >= 4 is 17.3 Å². The highest BCUT2D eigenvalue weighted by Gasteiger charge is 2.18. The molecule has 0 radical (unpaired) electrons. The summed E-state index contributed by atoms with van der Waals surface area (Å²) in [6.45, 7) is 6.58. The Kier molecular flexibility index (Phi) is 3.72. The van der Waals surface area contributed by atoms with Crippen molar-refractivity contribution < 1.29 is 0 Å². The third kappa shape index (κ3) is 2.33. The normalized spacial score (nSPS) is 17.8. The Hall–Kier alpha value is -0.730. The molecule has 1 aliphatic rings. The molecule has 1 aromatic rings. The van der Waals surface area contributed by atoms with Crippen LogP contribution in [0.3, 0.4) is 0 Å². The van der Waals surface area contributed by atoms with Crippen LogP contribution in [0.15, 0.2) is 18.2 Å². The molecule has 1 aliphatic heterocycles. The molecule has 0 aromatic heterocycles. The summed E-state index contributed by atoms with van der Waals surface area (Å²) in [6.07, 6.45) is 1.04.